The van der Waals surface area contributed by atoms with E-state index in [-0.39, 0.29) is 5.57 Å². The maximum atomic E-state index is 12.1. The summed E-state index contributed by atoms with van der Waals surface area (Å²) in [6.45, 7) is 3.98. The van der Waals surface area contributed by atoms with Crippen LogP contribution < -0.4 is 5.32 Å². The van der Waals surface area contributed by atoms with Gasteiger partial charge in [-0.2, -0.15) is 5.26 Å². The van der Waals surface area contributed by atoms with E-state index in [1.807, 2.05) is 38.1 Å². The lowest BCUT2D eigenvalue weighted by Gasteiger charge is -2.07. The van der Waals surface area contributed by atoms with Gasteiger partial charge in [0.15, 0.2) is 0 Å². The number of pyridine rings is 1. The molecule has 0 bridgehead atoms. The number of nitriles is 1. The summed E-state index contributed by atoms with van der Waals surface area (Å²) < 4.78 is 0. The van der Waals surface area contributed by atoms with E-state index in [9.17, 15) is 4.79 Å². The molecule has 1 aromatic carbocycles. The van der Waals surface area contributed by atoms with Gasteiger partial charge >= 0.3 is 0 Å². The molecule has 0 radical (unpaired) electrons. The van der Waals surface area contributed by atoms with Crippen LogP contribution in [0.15, 0.2) is 48.3 Å². The average molecular weight is 277 g/mol. The summed E-state index contributed by atoms with van der Waals surface area (Å²) in [5.41, 5.74) is 3.67. The lowest BCUT2D eigenvalue weighted by molar-refractivity contribution is -0.112. The van der Waals surface area contributed by atoms with Gasteiger partial charge in [0.2, 0.25) is 0 Å². The smallest absolute Gasteiger partial charge is 0.266 e. The summed E-state index contributed by atoms with van der Waals surface area (Å²) >= 11 is 0. The minimum absolute atomic E-state index is 0.0428. The summed E-state index contributed by atoms with van der Waals surface area (Å²) in [4.78, 5) is 16.1. The molecule has 0 aliphatic heterocycles. The lowest BCUT2D eigenvalue weighted by Crippen LogP contribution is -2.13. The van der Waals surface area contributed by atoms with Crippen molar-refractivity contribution in [3.63, 3.8) is 0 Å². The van der Waals surface area contributed by atoms with Crippen molar-refractivity contribution < 1.29 is 4.79 Å². The third-order valence-corrected chi connectivity index (χ3v) is 3.13. The number of rotatable bonds is 3. The molecular weight excluding hydrogens is 262 g/mol. The summed E-state index contributed by atoms with van der Waals surface area (Å²) in [6, 6.07) is 11.1. The molecule has 1 heterocycles. The highest BCUT2D eigenvalue weighted by Crippen LogP contribution is 2.15. The Morgan fingerprint density at radius 1 is 1.29 bits per heavy atom. The van der Waals surface area contributed by atoms with Crippen molar-refractivity contribution in [2.75, 3.05) is 5.32 Å². The van der Waals surface area contributed by atoms with E-state index in [1.165, 1.54) is 6.08 Å². The van der Waals surface area contributed by atoms with Gasteiger partial charge in [-0.1, -0.05) is 12.1 Å². The molecule has 4 heteroatoms. The first-order chi connectivity index (χ1) is 10.1. The van der Waals surface area contributed by atoms with E-state index in [1.54, 1.807) is 24.5 Å². The number of hydrogen-bond donors (Lipinski definition) is 1. The summed E-state index contributed by atoms with van der Waals surface area (Å²) in [5, 5.41) is 11.9. The first kappa shape index (κ1) is 14.5. The minimum Gasteiger partial charge on any atom is -0.321 e. The number of amides is 1. The number of benzene rings is 1. The molecule has 1 aromatic heterocycles. The van der Waals surface area contributed by atoms with Crippen molar-refractivity contribution in [1.82, 2.24) is 4.98 Å². The normalized spacial score (nSPS) is 10.8. The molecule has 0 unspecified atom stereocenters. The second-order valence-electron chi connectivity index (χ2n) is 4.71. The van der Waals surface area contributed by atoms with Crippen molar-refractivity contribution >= 4 is 17.7 Å². The molecule has 0 saturated heterocycles. The third kappa shape index (κ3) is 3.77. The standard InChI is InChI=1S/C17H15N3O/c1-12-5-6-16(8-13(12)2)20-17(21)15(10-18)9-14-4-3-7-19-11-14/h3-9,11H,1-2H3,(H,20,21)/b15-9+. The average Bonchev–Trinajstić information content (AvgIpc) is 2.49. The van der Waals surface area contributed by atoms with E-state index in [4.69, 9.17) is 5.26 Å². The number of hydrogen-bond acceptors (Lipinski definition) is 3. The summed E-state index contributed by atoms with van der Waals surface area (Å²) in [6.07, 6.45) is 4.75. The van der Waals surface area contributed by atoms with Gasteiger partial charge in [-0.15, -0.1) is 0 Å². The van der Waals surface area contributed by atoms with Crippen LogP contribution in [-0.2, 0) is 4.79 Å². The zero-order valence-corrected chi connectivity index (χ0v) is 11.9. The molecule has 0 aliphatic rings. The Bertz CT molecular complexity index is 727. The van der Waals surface area contributed by atoms with Crippen LogP contribution in [0.2, 0.25) is 0 Å². The fourth-order valence-electron chi connectivity index (χ4n) is 1.79. The van der Waals surface area contributed by atoms with E-state index >= 15 is 0 Å². The van der Waals surface area contributed by atoms with Crippen molar-refractivity contribution in [1.29, 1.82) is 5.26 Å². The molecule has 0 spiro atoms. The first-order valence-electron chi connectivity index (χ1n) is 6.50. The van der Waals surface area contributed by atoms with E-state index < -0.39 is 5.91 Å². The Morgan fingerprint density at radius 2 is 2.10 bits per heavy atom. The van der Waals surface area contributed by atoms with Crippen LogP contribution in [0.5, 0.6) is 0 Å². The maximum absolute atomic E-state index is 12.1. The minimum atomic E-state index is -0.426. The zero-order chi connectivity index (χ0) is 15.2. The molecule has 1 N–H and O–H groups in total. The van der Waals surface area contributed by atoms with Crippen LogP contribution in [0.1, 0.15) is 16.7 Å². The van der Waals surface area contributed by atoms with Crippen LogP contribution in [0, 0.1) is 25.2 Å². The maximum Gasteiger partial charge on any atom is 0.266 e. The fraction of sp³-hybridized carbons (Fsp3) is 0.118. The van der Waals surface area contributed by atoms with E-state index in [0.29, 0.717) is 11.3 Å². The van der Waals surface area contributed by atoms with Crippen molar-refractivity contribution in [3.05, 3.63) is 65.0 Å². The molecule has 0 saturated carbocycles. The second kappa shape index (κ2) is 6.49. The Kier molecular flexibility index (Phi) is 4.47. The van der Waals surface area contributed by atoms with Gasteiger partial charge in [-0.25, -0.2) is 0 Å². The molecule has 104 valence electrons. The molecular formula is C17H15N3O. The van der Waals surface area contributed by atoms with Crippen LogP contribution >= 0.6 is 0 Å². The van der Waals surface area contributed by atoms with Crippen LogP contribution in [0.4, 0.5) is 5.69 Å². The molecule has 1 amide bonds. The quantitative estimate of drug-likeness (QED) is 0.691. The Labute approximate surface area is 123 Å². The number of carbonyl (C=O) groups excluding carboxylic acids is 1. The highest BCUT2D eigenvalue weighted by molar-refractivity contribution is 6.09. The Balaban J connectivity index is 2.20. The van der Waals surface area contributed by atoms with Gasteiger partial charge in [0.25, 0.3) is 5.91 Å². The number of nitrogens with one attached hydrogen (secondary N) is 1. The number of aryl methyl sites for hydroxylation is 2. The molecule has 0 atom stereocenters. The first-order valence-corrected chi connectivity index (χ1v) is 6.50. The van der Waals surface area contributed by atoms with Gasteiger partial charge in [0, 0.05) is 18.1 Å². The molecule has 2 rings (SSSR count). The van der Waals surface area contributed by atoms with Crippen LogP contribution in [0.3, 0.4) is 0 Å². The van der Waals surface area contributed by atoms with Crippen LogP contribution in [-0.4, -0.2) is 10.9 Å². The summed E-state index contributed by atoms with van der Waals surface area (Å²) in [5.74, 6) is -0.426. The monoisotopic (exact) mass is 277 g/mol. The highest BCUT2D eigenvalue weighted by Gasteiger charge is 2.09. The number of anilines is 1. The molecule has 4 nitrogen and oxygen atoms in total. The number of aromatic nitrogens is 1. The molecule has 2 aromatic rings. The van der Waals surface area contributed by atoms with Gasteiger partial charge < -0.3 is 5.32 Å². The largest absolute Gasteiger partial charge is 0.321 e. The predicted octanol–water partition coefficient (Wildman–Crippen LogP) is 3.24. The SMILES string of the molecule is Cc1ccc(NC(=O)/C(C#N)=C/c2cccnc2)cc1C. The number of carbonyl (C=O) groups is 1. The fourth-order valence-corrected chi connectivity index (χ4v) is 1.79. The van der Waals surface area contributed by atoms with Crippen LogP contribution in [0.25, 0.3) is 6.08 Å². The second-order valence-corrected chi connectivity index (χ2v) is 4.71. The lowest BCUT2D eigenvalue weighted by atomic mass is 10.1. The number of nitrogens with zero attached hydrogens (tertiary/aromatic N) is 2. The van der Waals surface area contributed by atoms with Gasteiger partial charge in [-0.05, 0) is 54.8 Å². The van der Waals surface area contributed by atoms with Crippen molar-refractivity contribution in [2.45, 2.75) is 13.8 Å². The Hall–Kier alpha value is -2.93. The predicted molar refractivity (Wildman–Crippen MR) is 82.4 cm³/mol. The van der Waals surface area contributed by atoms with E-state index in [0.717, 1.165) is 11.1 Å². The highest BCUT2D eigenvalue weighted by atomic mass is 16.1. The van der Waals surface area contributed by atoms with Gasteiger partial charge in [0.1, 0.15) is 11.6 Å². The van der Waals surface area contributed by atoms with Gasteiger partial charge in [0.05, 0.1) is 0 Å². The summed E-state index contributed by atoms with van der Waals surface area (Å²) in [7, 11) is 0. The van der Waals surface area contributed by atoms with E-state index in [2.05, 4.69) is 10.3 Å². The van der Waals surface area contributed by atoms with Crippen molar-refractivity contribution in [3.8, 4) is 6.07 Å². The Morgan fingerprint density at radius 3 is 2.71 bits per heavy atom. The molecule has 0 fully saturated rings. The van der Waals surface area contributed by atoms with Gasteiger partial charge in [-0.3, -0.25) is 9.78 Å². The topological polar surface area (TPSA) is 65.8 Å². The van der Waals surface area contributed by atoms with Crippen molar-refractivity contribution in [2.24, 2.45) is 0 Å². The zero-order valence-electron chi connectivity index (χ0n) is 11.9. The third-order valence-electron chi connectivity index (χ3n) is 3.13. The molecule has 0 aliphatic carbocycles. The molecule has 21 heavy (non-hydrogen) atoms.